The zero-order valence-electron chi connectivity index (χ0n) is 23.5. The summed E-state index contributed by atoms with van der Waals surface area (Å²) in [4.78, 5) is 52.6. The second-order valence-electron chi connectivity index (χ2n) is 12.4. The Labute approximate surface area is 235 Å². The third-order valence-electron chi connectivity index (χ3n) is 8.36. The van der Waals surface area contributed by atoms with Crippen molar-refractivity contribution in [3.63, 3.8) is 0 Å². The number of halogens is 1. The maximum absolute atomic E-state index is 14.3. The normalized spacial score (nSPS) is 27.0. The molecule has 40 heavy (non-hydrogen) atoms. The van der Waals surface area contributed by atoms with Crippen LogP contribution in [0.1, 0.15) is 71.3 Å². The largest absolute Gasteiger partial charge is 0.446 e. The second-order valence-corrected chi connectivity index (χ2v) is 14.9. The number of nitrogens with one attached hydrogen (secondary N) is 2. The van der Waals surface area contributed by atoms with E-state index >= 15 is 0 Å². The van der Waals surface area contributed by atoms with Gasteiger partial charge in [0.25, 0.3) is 0 Å². The number of carbonyl (C=O) groups excluding carboxylic acids is 3. The molecule has 11 heteroatoms. The number of ether oxygens (including phenoxy) is 1. The second kappa shape index (κ2) is 11.6. The van der Waals surface area contributed by atoms with Crippen molar-refractivity contribution in [2.45, 2.75) is 95.3 Å². The van der Waals surface area contributed by atoms with Gasteiger partial charge in [0.05, 0.1) is 6.16 Å². The molecule has 1 saturated heterocycles. The maximum atomic E-state index is 14.3. The summed E-state index contributed by atoms with van der Waals surface area (Å²) >= 11 is 0. The van der Waals surface area contributed by atoms with E-state index in [0.717, 1.165) is 25.7 Å². The van der Waals surface area contributed by atoms with Crippen LogP contribution in [-0.4, -0.2) is 57.7 Å². The summed E-state index contributed by atoms with van der Waals surface area (Å²) in [7, 11) is -4.14. The van der Waals surface area contributed by atoms with Crippen molar-refractivity contribution in [1.82, 2.24) is 15.5 Å². The van der Waals surface area contributed by atoms with Crippen LogP contribution in [0.2, 0.25) is 0 Å². The lowest BCUT2D eigenvalue weighted by atomic mass is 9.85. The van der Waals surface area contributed by atoms with Crippen molar-refractivity contribution in [3.8, 4) is 0 Å². The number of hydrogen-bond acceptors (Lipinski definition) is 5. The quantitative estimate of drug-likeness (QED) is 0.289. The van der Waals surface area contributed by atoms with Crippen molar-refractivity contribution >= 4 is 25.3 Å². The van der Waals surface area contributed by atoms with Crippen molar-refractivity contribution in [2.75, 3.05) is 6.54 Å². The summed E-state index contributed by atoms with van der Waals surface area (Å²) in [5, 5.41) is 4.05. The summed E-state index contributed by atoms with van der Waals surface area (Å²) < 4.78 is 33.5. The lowest BCUT2D eigenvalue weighted by Crippen LogP contribution is -2.58. The fourth-order valence-corrected chi connectivity index (χ4v) is 8.30. The van der Waals surface area contributed by atoms with Gasteiger partial charge in [-0.2, -0.15) is 0 Å². The van der Waals surface area contributed by atoms with Gasteiger partial charge < -0.3 is 25.2 Å². The van der Waals surface area contributed by atoms with Crippen LogP contribution in [0, 0.1) is 17.2 Å². The molecular weight excluding hydrogens is 536 g/mol. The molecular formula is C29H41FN3O6P. The van der Waals surface area contributed by atoms with Crippen LogP contribution in [-0.2, 0) is 25.1 Å². The molecule has 3 fully saturated rings. The van der Waals surface area contributed by atoms with Gasteiger partial charge in [-0.1, -0.05) is 45.0 Å². The molecule has 1 heterocycles. The van der Waals surface area contributed by atoms with Crippen molar-refractivity contribution in [2.24, 2.45) is 11.3 Å². The lowest BCUT2D eigenvalue weighted by molar-refractivity contribution is -0.142. The molecule has 2 saturated carbocycles. The van der Waals surface area contributed by atoms with Crippen LogP contribution in [0.25, 0.3) is 0 Å². The van der Waals surface area contributed by atoms with Crippen LogP contribution in [0.3, 0.4) is 0 Å². The topological polar surface area (TPSA) is 125 Å². The minimum atomic E-state index is -4.14. The van der Waals surface area contributed by atoms with Crippen LogP contribution in [0.4, 0.5) is 9.18 Å². The fourth-order valence-electron chi connectivity index (χ4n) is 5.91. The Bertz CT molecular complexity index is 1200. The Balaban J connectivity index is 1.49. The molecule has 3 N–H and O–H groups in total. The predicted molar refractivity (Wildman–Crippen MR) is 149 cm³/mol. The smallest absolute Gasteiger partial charge is 0.408 e. The van der Waals surface area contributed by atoms with Gasteiger partial charge in [0.1, 0.15) is 29.3 Å². The van der Waals surface area contributed by atoms with Gasteiger partial charge in [0.2, 0.25) is 19.2 Å². The van der Waals surface area contributed by atoms with Crippen molar-refractivity contribution in [1.29, 1.82) is 0 Å². The minimum Gasteiger partial charge on any atom is -0.446 e. The number of nitrogens with zero attached hydrogens (tertiary/aromatic N) is 1. The van der Waals surface area contributed by atoms with Crippen molar-refractivity contribution < 1.29 is 33.0 Å². The SMILES string of the molecule is C=C[C@@H]1C[C@]1(NC(=O)[C@@H]1CCCN1C(=O)[C@@H](NC(=O)OC1CCCC1)C(C)(C)C)P(=O)(O)Cc1ccccc1F. The van der Waals surface area contributed by atoms with Crippen LogP contribution < -0.4 is 10.6 Å². The first-order valence-electron chi connectivity index (χ1n) is 14.1. The first kappa shape index (κ1) is 30.3. The molecule has 220 valence electrons. The van der Waals surface area contributed by atoms with Gasteiger partial charge >= 0.3 is 6.09 Å². The van der Waals surface area contributed by atoms with E-state index < -0.39 is 66.0 Å². The van der Waals surface area contributed by atoms with Gasteiger partial charge in [-0.25, -0.2) is 9.18 Å². The van der Waals surface area contributed by atoms with Crippen LogP contribution in [0.15, 0.2) is 36.9 Å². The van der Waals surface area contributed by atoms with Gasteiger partial charge in [0, 0.05) is 12.5 Å². The molecule has 1 aromatic rings. The highest BCUT2D eigenvalue weighted by Crippen LogP contribution is 2.70. The Kier molecular flexibility index (Phi) is 8.81. The summed E-state index contributed by atoms with van der Waals surface area (Å²) in [6.07, 6.45) is 5.02. The highest BCUT2D eigenvalue weighted by atomic mass is 31.2. The number of likely N-dealkylation sites (tertiary alicyclic amines) is 1. The maximum Gasteiger partial charge on any atom is 0.408 e. The standard InChI is InChI=1S/C29H41FN3O6P/c1-5-20-17-29(20,40(37,38)18-19-11-6-9-14-22(19)30)32-25(34)23-15-10-16-33(23)26(35)24(28(2,3)4)31-27(36)39-21-12-7-8-13-21/h5-6,9,11,14,20-21,23-24H,1,7-8,10,12-13,15-18H2,2-4H3,(H,31,36)(H,32,34)(H,37,38)/t20-,23+,24-,29+/m1/s1. The number of hydrogen-bond donors (Lipinski definition) is 3. The highest BCUT2D eigenvalue weighted by molar-refractivity contribution is 7.59. The Morgan fingerprint density at radius 3 is 2.50 bits per heavy atom. The van der Waals surface area contributed by atoms with Crippen LogP contribution in [0.5, 0.6) is 0 Å². The zero-order valence-corrected chi connectivity index (χ0v) is 24.4. The van der Waals surface area contributed by atoms with E-state index in [0.29, 0.717) is 19.4 Å². The zero-order chi connectivity index (χ0) is 29.3. The van der Waals surface area contributed by atoms with Crippen LogP contribution >= 0.6 is 7.37 Å². The summed E-state index contributed by atoms with van der Waals surface area (Å²) in [6, 6.07) is 3.96. The molecule has 3 aliphatic rings. The number of alkyl carbamates (subject to hydrolysis) is 1. The van der Waals surface area contributed by atoms with Gasteiger partial charge in [-0.15, -0.1) is 6.58 Å². The van der Waals surface area contributed by atoms with E-state index in [-0.39, 0.29) is 18.1 Å². The molecule has 9 nitrogen and oxygen atoms in total. The van der Waals surface area contributed by atoms with E-state index in [9.17, 15) is 28.2 Å². The number of rotatable bonds is 9. The monoisotopic (exact) mass is 577 g/mol. The number of benzene rings is 1. The average Bonchev–Trinajstić information content (AvgIpc) is 3.21. The molecule has 5 atom stereocenters. The summed E-state index contributed by atoms with van der Waals surface area (Å²) in [5.74, 6) is -2.00. The van der Waals surface area contributed by atoms with Gasteiger partial charge in [0.15, 0.2) is 0 Å². The first-order chi connectivity index (χ1) is 18.8. The summed E-state index contributed by atoms with van der Waals surface area (Å²) in [6.45, 7) is 9.54. The molecule has 2 aliphatic carbocycles. The average molecular weight is 578 g/mol. The minimum absolute atomic E-state index is 0.0953. The van der Waals surface area contributed by atoms with E-state index in [1.54, 1.807) is 6.07 Å². The molecule has 1 unspecified atom stereocenters. The molecule has 1 aliphatic heterocycles. The van der Waals surface area contributed by atoms with E-state index in [4.69, 9.17) is 4.74 Å². The Morgan fingerprint density at radius 2 is 1.90 bits per heavy atom. The van der Waals surface area contributed by atoms with Gasteiger partial charge in [-0.05, 0) is 62.0 Å². The molecule has 4 rings (SSSR count). The van der Waals surface area contributed by atoms with Gasteiger partial charge in [-0.3, -0.25) is 14.2 Å². The molecule has 0 spiro atoms. The first-order valence-corrected chi connectivity index (χ1v) is 15.9. The Hall–Kier alpha value is -2.71. The summed E-state index contributed by atoms with van der Waals surface area (Å²) in [5.41, 5.74) is -0.570. The van der Waals surface area contributed by atoms with E-state index in [1.807, 2.05) is 20.8 Å². The third kappa shape index (κ3) is 6.28. The Morgan fingerprint density at radius 1 is 1.23 bits per heavy atom. The van der Waals surface area contributed by atoms with Crippen molar-refractivity contribution in [3.05, 3.63) is 48.3 Å². The number of amides is 3. The molecule has 1 aromatic carbocycles. The number of carbonyl (C=O) groups is 3. The highest BCUT2D eigenvalue weighted by Gasteiger charge is 2.65. The fraction of sp³-hybridized carbons (Fsp3) is 0.621. The third-order valence-corrected chi connectivity index (χ3v) is 11.0. The molecule has 0 bridgehead atoms. The predicted octanol–water partition coefficient (Wildman–Crippen LogP) is 4.69. The van der Waals surface area contributed by atoms with E-state index in [1.165, 1.54) is 29.2 Å². The molecule has 3 amide bonds. The molecule has 0 aromatic heterocycles. The lowest BCUT2D eigenvalue weighted by Gasteiger charge is -2.36. The van der Waals surface area contributed by atoms with E-state index in [2.05, 4.69) is 17.2 Å². The molecule has 0 radical (unpaired) electrons.